The predicted molar refractivity (Wildman–Crippen MR) is 104 cm³/mol. The molecule has 3 rings (SSSR count). The van der Waals surface area contributed by atoms with Crippen LogP contribution in [0.15, 0.2) is 29.4 Å². The van der Waals surface area contributed by atoms with Crippen LogP contribution in [0.1, 0.15) is 49.5 Å². The van der Waals surface area contributed by atoms with Gasteiger partial charge in [-0.05, 0) is 31.0 Å². The number of esters is 1. The fourth-order valence-corrected chi connectivity index (χ4v) is 4.26. The van der Waals surface area contributed by atoms with E-state index < -0.39 is 11.7 Å². The van der Waals surface area contributed by atoms with Crippen molar-refractivity contribution in [3.8, 4) is 0 Å². The van der Waals surface area contributed by atoms with Crippen molar-refractivity contribution in [2.75, 3.05) is 18.2 Å². The van der Waals surface area contributed by atoms with Gasteiger partial charge >= 0.3 is 12.1 Å². The lowest BCUT2D eigenvalue weighted by molar-refractivity contribution is -0.138. The van der Waals surface area contributed by atoms with Crippen LogP contribution >= 0.6 is 11.8 Å². The van der Waals surface area contributed by atoms with E-state index in [4.69, 9.17) is 0 Å². The average Bonchev–Trinajstić information content (AvgIpc) is 3.13. The van der Waals surface area contributed by atoms with Crippen molar-refractivity contribution in [2.24, 2.45) is 0 Å². The Bertz CT molecular complexity index is 835. The van der Waals surface area contributed by atoms with Crippen molar-refractivity contribution in [3.05, 3.63) is 35.7 Å². The van der Waals surface area contributed by atoms with E-state index >= 15 is 0 Å². The van der Waals surface area contributed by atoms with E-state index in [0.717, 1.165) is 37.8 Å². The molecule has 2 aromatic rings. The SMILES string of the molecule is COC(=O)CSc1nnc(CNc2cccc(C(F)(F)F)c2)n1C1CCCCC1. The molecule has 1 fully saturated rings. The first kappa shape index (κ1) is 21.5. The summed E-state index contributed by atoms with van der Waals surface area (Å²) >= 11 is 1.26. The van der Waals surface area contributed by atoms with Gasteiger partial charge in [-0.1, -0.05) is 37.1 Å². The van der Waals surface area contributed by atoms with Gasteiger partial charge in [-0.25, -0.2) is 0 Å². The third-order valence-electron chi connectivity index (χ3n) is 4.86. The minimum atomic E-state index is -4.39. The van der Waals surface area contributed by atoms with Crippen molar-refractivity contribution in [1.29, 1.82) is 0 Å². The lowest BCUT2D eigenvalue weighted by Crippen LogP contribution is -2.18. The summed E-state index contributed by atoms with van der Waals surface area (Å²) in [5.41, 5.74) is -0.340. The molecule has 29 heavy (non-hydrogen) atoms. The molecule has 1 aromatic carbocycles. The maximum Gasteiger partial charge on any atom is 0.416 e. The number of carbonyl (C=O) groups is 1. The second-order valence-electron chi connectivity index (χ2n) is 6.86. The third kappa shape index (κ3) is 5.65. The highest BCUT2D eigenvalue weighted by atomic mass is 32.2. The molecule has 1 aromatic heterocycles. The number of carbonyl (C=O) groups excluding carboxylic acids is 1. The lowest BCUT2D eigenvalue weighted by Gasteiger charge is -2.25. The number of nitrogens with one attached hydrogen (secondary N) is 1. The van der Waals surface area contributed by atoms with Gasteiger partial charge < -0.3 is 14.6 Å². The van der Waals surface area contributed by atoms with Gasteiger partial charge in [0.25, 0.3) is 0 Å². The summed E-state index contributed by atoms with van der Waals surface area (Å²) in [7, 11) is 1.33. The number of rotatable bonds is 7. The minimum Gasteiger partial charge on any atom is -0.468 e. The Morgan fingerprint density at radius 1 is 1.28 bits per heavy atom. The number of aromatic nitrogens is 3. The normalized spacial score (nSPS) is 15.3. The smallest absolute Gasteiger partial charge is 0.416 e. The molecule has 0 aliphatic heterocycles. The molecule has 1 aliphatic rings. The van der Waals surface area contributed by atoms with E-state index in [0.29, 0.717) is 16.7 Å². The molecule has 0 radical (unpaired) electrons. The Morgan fingerprint density at radius 3 is 2.72 bits per heavy atom. The van der Waals surface area contributed by atoms with E-state index in [1.54, 1.807) is 6.07 Å². The van der Waals surface area contributed by atoms with Gasteiger partial charge in [0.15, 0.2) is 11.0 Å². The van der Waals surface area contributed by atoms with Gasteiger partial charge in [-0.15, -0.1) is 10.2 Å². The van der Waals surface area contributed by atoms with Crippen LogP contribution in [0.4, 0.5) is 18.9 Å². The highest BCUT2D eigenvalue weighted by Gasteiger charge is 2.30. The number of anilines is 1. The number of hydrogen-bond acceptors (Lipinski definition) is 6. The lowest BCUT2D eigenvalue weighted by atomic mass is 9.95. The first-order chi connectivity index (χ1) is 13.9. The average molecular weight is 428 g/mol. The van der Waals surface area contributed by atoms with Gasteiger partial charge in [-0.2, -0.15) is 13.2 Å². The molecule has 0 amide bonds. The summed E-state index contributed by atoms with van der Waals surface area (Å²) in [4.78, 5) is 11.5. The van der Waals surface area contributed by atoms with Crippen molar-refractivity contribution in [3.63, 3.8) is 0 Å². The van der Waals surface area contributed by atoms with Gasteiger partial charge in [0, 0.05) is 11.7 Å². The van der Waals surface area contributed by atoms with Crippen molar-refractivity contribution < 1.29 is 22.7 Å². The topological polar surface area (TPSA) is 69.0 Å². The zero-order valence-corrected chi connectivity index (χ0v) is 16.9. The molecule has 0 bridgehead atoms. The molecular weight excluding hydrogens is 405 g/mol. The monoisotopic (exact) mass is 428 g/mol. The first-order valence-corrected chi connectivity index (χ1v) is 10.4. The summed E-state index contributed by atoms with van der Waals surface area (Å²) in [6, 6.07) is 5.29. The Hall–Kier alpha value is -2.23. The van der Waals surface area contributed by atoms with E-state index in [-0.39, 0.29) is 24.3 Å². The van der Waals surface area contributed by atoms with E-state index in [2.05, 4.69) is 20.3 Å². The molecule has 0 unspecified atom stereocenters. The molecule has 0 spiro atoms. The van der Waals surface area contributed by atoms with Gasteiger partial charge in [0.1, 0.15) is 0 Å². The molecule has 10 heteroatoms. The fraction of sp³-hybridized carbons (Fsp3) is 0.526. The fourth-order valence-electron chi connectivity index (χ4n) is 3.40. The highest BCUT2D eigenvalue weighted by molar-refractivity contribution is 7.99. The Labute approximate surface area is 171 Å². The summed E-state index contributed by atoms with van der Waals surface area (Å²) in [5, 5.41) is 12.1. The Kier molecular flexibility index (Phi) is 7.05. The number of alkyl halides is 3. The summed E-state index contributed by atoms with van der Waals surface area (Å²) < 4.78 is 45.5. The number of methoxy groups -OCH3 is 1. The van der Waals surface area contributed by atoms with E-state index in [1.807, 2.05) is 4.57 Å². The number of thioether (sulfide) groups is 1. The number of hydrogen-bond donors (Lipinski definition) is 1. The van der Waals surface area contributed by atoms with Gasteiger partial charge in [-0.3, -0.25) is 4.79 Å². The zero-order chi connectivity index (χ0) is 20.9. The van der Waals surface area contributed by atoms with Crippen LogP contribution in [0.5, 0.6) is 0 Å². The summed E-state index contributed by atoms with van der Waals surface area (Å²) in [5.74, 6) is 0.418. The number of ether oxygens (including phenoxy) is 1. The summed E-state index contributed by atoms with van der Waals surface area (Å²) in [6.07, 6.45) is 0.967. The van der Waals surface area contributed by atoms with Crippen LogP contribution in [-0.4, -0.2) is 33.6 Å². The molecule has 1 N–H and O–H groups in total. The quantitative estimate of drug-likeness (QED) is 0.510. The molecule has 158 valence electrons. The number of nitrogens with zero attached hydrogens (tertiary/aromatic N) is 3. The van der Waals surface area contributed by atoms with Crippen molar-refractivity contribution >= 4 is 23.4 Å². The number of benzene rings is 1. The second kappa shape index (κ2) is 9.51. The van der Waals surface area contributed by atoms with Gasteiger partial charge in [0.2, 0.25) is 0 Å². The van der Waals surface area contributed by atoms with Gasteiger partial charge in [0.05, 0.1) is 25.0 Å². The molecule has 1 aliphatic carbocycles. The van der Waals surface area contributed by atoms with Crippen LogP contribution < -0.4 is 5.32 Å². The molecule has 1 heterocycles. The maximum atomic E-state index is 12.9. The van der Waals surface area contributed by atoms with Crippen LogP contribution in [-0.2, 0) is 22.3 Å². The van der Waals surface area contributed by atoms with Crippen LogP contribution in [0.25, 0.3) is 0 Å². The third-order valence-corrected chi connectivity index (χ3v) is 5.78. The molecule has 1 saturated carbocycles. The minimum absolute atomic E-state index is 0.127. The first-order valence-electron chi connectivity index (χ1n) is 9.43. The molecular formula is C19H23F3N4O2S. The van der Waals surface area contributed by atoms with E-state index in [1.165, 1.54) is 31.4 Å². The molecule has 6 nitrogen and oxygen atoms in total. The second-order valence-corrected chi connectivity index (χ2v) is 7.80. The highest BCUT2D eigenvalue weighted by Crippen LogP contribution is 2.33. The predicted octanol–water partition coefficient (Wildman–Crippen LogP) is 4.68. The Balaban J connectivity index is 1.77. The van der Waals surface area contributed by atoms with Crippen LogP contribution in [0.3, 0.4) is 0 Å². The standard InChI is InChI=1S/C19H23F3N4O2S/c1-28-17(27)12-29-18-25-24-16(26(18)15-8-3-2-4-9-15)11-23-14-7-5-6-13(10-14)19(20,21)22/h5-7,10,15,23H,2-4,8-9,11-12H2,1H3. The Morgan fingerprint density at radius 2 is 2.03 bits per heavy atom. The van der Waals surface area contributed by atoms with Crippen LogP contribution in [0, 0.1) is 0 Å². The zero-order valence-electron chi connectivity index (χ0n) is 16.0. The van der Waals surface area contributed by atoms with Crippen molar-refractivity contribution in [1.82, 2.24) is 14.8 Å². The maximum absolute atomic E-state index is 12.9. The number of halogens is 3. The van der Waals surface area contributed by atoms with E-state index in [9.17, 15) is 18.0 Å². The largest absolute Gasteiger partial charge is 0.468 e. The molecule has 0 atom stereocenters. The summed E-state index contributed by atoms with van der Waals surface area (Å²) in [6.45, 7) is 0.240. The molecule has 0 saturated heterocycles. The van der Waals surface area contributed by atoms with Crippen molar-refractivity contribution in [2.45, 2.75) is 56.0 Å². The van der Waals surface area contributed by atoms with Crippen LogP contribution in [0.2, 0.25) is 0 Å².